The number of hydrogen-bond acceptors (Lipinski definition) is 6. The van der Waals surface area contributed by atoms with Gasteiger partial charge in [0.1, 0.15) is 5.60 Å². The summed E-state index contributed by atoms with van der Waals surface area (Å²) in [6, 6.07) is 0. The first-order valence-electron chi connectivity index (χ1n) is 8.40. The molecule has 2 rings (SSSR count). The first kappa shape index (κ1) is 19.0. The van der Waals surface area contributed by atoms with Gasteiger partial charge in [0.15, 0.2) is 0 Å². The van der Waals surface area contributed by atoms with Crippen LogP contribution in [0.5, 0.6) is 0 Å². The molecule has 1 aliphatic heterocycles. The molecule has 0 aromatic carbocycles. The highest BCUT2D eigenvalue weighted by Crippen LogP contribution is 2.21. The molecular weight excluding hydrogens is 324 g/mol. The van der Waals surface area contributed by atoms with Crippen molar-refractivity contribution < 1.29 is 19.4 Å². The third kappa shape index (κ3) is 5.58. The van der Waals surface area contributed by atoms with Gasteiger partial charge < -0.3 is 19.6 Å². The molecule has 1 amide bonds. The van der Waals surface area contributed by atoms with Gasteiger partial charge in [0.25, 0.3) is 0 Å². The van der Waals surface area contributed by atoms with Gasteiger partial charge >= 0.3 is 12.1 Å². The first-order chi connectivity index (χ1) is 11.7. The minimum atomic E-state index is -1.04. The molecule has 1 fully saturated rings. The number of carboxylic acid groups (broad SMARTS) is 1. The smallest absolute Gasteiger partial charge is 0.410 e. The van der Waals surface area contributed by atoms with Gasteiger partial charge in [-0.25, -0.2) is 19.6 Å². The lowest BCUT2D eigenvalue weighted by molar-refractivity contribution is 0.0186. The molecule has 0 bridgehead atoms. The van der Waals surface area contributed by atoms with E-state index in [0.717, 1.165) is 19.4 Å². The number of carboxylic acids is 1. The third-order valence-electron chi connectivity index (χ3n) is 4.02. The van der Waals surface area contributed by atoms with Gasteiger partial charge in [0.2, 0.25) is 5.95 Å². The van der Waals surface area contributed by atoms with Gasteiger partial charge in [-0.2, -0.15) is 0 Å². The van der Waals surface area contributed by atoms with Gasteiger partial charge in [0, 0.05) is 39.1 Å². The second-order valence-electron chi connectivity index (χ2n) is 7.37. The highest BCUT2D eigenvalue weighted by Gasteiger charge is 2.27. The van der Waals surface area contributed by atoms with Gasteiger partial charge in [-0.15, -0.1) is 0 Å². The fraction of sp³-hybridized carbons (Fsp3) is 0.647. The van der Waals surface area contributed by atoms with Crippen LogP contribution in [0, 0.1) is 5.92 Å². The number of ether oxygens (including phenoxy) is 1. The quantitative estimate of drug-likeness (QED) is 0.889. The minimum absolute atomic E-state index is 0.0721. The molecule has 0 spiro atoms. The predicted molar refractivity (Wildman–Crippen MR) is 92.8 cm³/mol. The summed E-state index contributed by atoms with van der Waals surface area (Å²) < 4.78 is 5.40. The molecule has 0 aliphatic carbocycles. The molecule has 1 aliphatic rings. The summed E-state index contributed by atoms with van der Waals surface area (Å²) in [4.78, 5) is 34.8. The lowest BCUT2D eigenvalue weighted by Gasteiger charge is -2.34. The highest BCUT2D eigenvalue weighted by molar-refractivity contribution is 5.86. The minimum Gasteiger partial charge on any atom is -0.478 e. The SMILES string of the molecule is CN(CC1CCN(C(=O)OC(C)(C)C)CC1)c1ncc(C(=O)O)cn1. The maximum atomic E-state index is 12.1. The topological polar surface area (TPSA) is 95.9 Å². The average Bonchev–Trinajstić information content (AvgIpc) is 2.54. The maximum Gasteiger partial charge on any atom is 0.410 e. The van der Waals surface area contributed by atoms with Crippen LogP contribution in [-0.2, 0) is 4.74 Å². The molecule has 138 valence electrons. The average molecular weight is 350 g/mol. The van der Waals surface area contributed by atoms with Crippen LogP contribution in [0.15, 0.2) is 12.4 Å². The molecule has 8 nitrogen and oxygen atoms in total. The van der Waals surface area contributed by atoms with Crippen LogP contribution >= 0.6 is 0 Å². The molecule has 8 heteroatoms. The summed E-state index contributed by atoms with van der Waals surface area (Å²) in [5.41, 5.74) is -0.407. The molecule has 25 heavy (non-hydrogen) atoms. The predicted octanol–water partition coefficient (Wildman–Crippen LogP) is 2.26. The monoisotopic (exact) mass is 350 g/mol. The van der Waals surface area contributed by atoms with Gasteiger partial charge in [-0.1, -0.05) is 0 Å². The Balaban J connectivity index is 1.83. The number of piperidine rings is 1. The molecule has 0 unspecified atom stereocenters. The zero-order valence-electron chi connectivity index (χ0n) is 15.2. The van der Waals surface area contributed by atoms with E-state index in [-0.39, 0.29) is 11.7 Å². The first-order valence-corrected chi connectivity index (χ1v) is 8.40. The van der Waals surface area contributed by atoms with Gasteiger partial charge in [0.05, 0.1) is 5.56 Å². The molecule has 0 saturated carbocycles. The maximum absolute atomic E-state index is 12.1. The summed E-state index contributed by atoms with van der Waals surface area (Å²) in [5.74, 6) is -0.116. The van der Waals surface area contributed by atoms with Crippen molar-refractivity contribution in [3.63, 3.8) is 0 Å². The van der Waals surface area contributed by atoms with Crippen molar-refractivity contribution in [3.05, 3.63) is 18.0 Å². The van der Waals surface area contributed by atoms with E-state index >= 15 is 0 Å². The third-order valence-corrected chi connectivity index (χ3v) is 4.02. The van der Waals surface area contributed by atoms with Crippen LogP contribution < -0.4 is 4.90 Å². The Bertz CT molecular complexity index is 604. The van der Waals surface area contributed by atoms with Crippen molar-refractivity contribution in [2.24, 2.45) is 5.92 Å². The largest absolute Gasteiger partial charge is 0.478 e. The lowest BCUT2D eigenvalue weighted by atomic mass is 9.96. The fourth-order valence-corrected chi connectivity index (χ4v) is 2.72. The van der Waals surface area contributed by atoms with Crippen molar-refractivity contribution in [2.45, 2.75) is 39.2 Å². The Labute approximate surface area is 147 Å². The second kappa shape index (κ2) is 7.67. The van der Waals surface area contributed by atoms with E-state index in [0.29, 0.717) is 25.0 Å². The number of aromatic carboxylic acids is 1. The van der Waals surface area contributed by atoms with Crippen molar-refractivity contribution in [1.29, 1.82) is 0 Å². The van der Waals surface area contributed by atoms with Gasteiger partial charge in [-0.05, 0) is 39.5 Å². The summed E-state index contributed by atoms with van der Waals surface area (Å²) in [5, 5.41) is 8.88. The van der Waals surface area contributed by atoms with E-state index < -0.39 is 11.6 Å². The number of carbonyl (C=O) groups excluding carboxylic acids is 1. The Morgan fingerprint density at radius 2 is 1.84 bits per heavy atom. The number of anilines is 1. The number of amides is 1. The standard InChI is InChI=1S/C17H26N4O4/c1-17(2,3)25-16(24)21-7-5-12(6-8-21)11-20(4)15-18-9-13(10-19-15)14(22)23/h9-10,12H,5-8,11H2,1-4H3,(H,22,23). The summed E-state index contributed by atoms with van der Waals surface area (Å²) >= 11 is 0. The summed E-state index contributed by atoms with van der Waals surface area (Å²) in [6.45, 7) is 7.69. The number of hydrogen-bond donors (Lipinski definition) is 1. The number of nitrogens with zero attached hydrogens (tertiary/aromatic N) is 4. The number of likely N-dealkylation sites (tertiary alicyclic amines) is 1. The zero-order chi connectivity index (χ0) is 18.6. The van der Waals surface area contributed by atoms with Crippen LogP contribution in [0.1, 0.15) is 44.0 Å². The normalized spacial score (nSPS) is 15.8. The molecule has 1 saturated heterocycles. The van der Waals surface area contributed by atoms with E-state index in [1.807, 2.05) is 32.7 Å². The molecule has 1 aromatic rings. The van der Waals surface area contributed by atoms with E-state index in [2.05, 4.69) is 9.97 Å². The van der Waals surface area contributed by atoms with E-state index in [9.17, 15) is 9.59 Å². The van der Waals surface area contributed by atoms with Crippen LogP contribution in [0.4, 0.5) is 10.7 Å². The molecular formula is C17H26N4O4. The fourth-order valence-electron chi connectivity index (χ4n) is 2.72. The zero-order valence-corrected chi connectivity index (χ0v) is 15.2. The van der Waals surface area contributed by atoms with E-state index in [1.165, 1.54) is 12.4 Å². The Hall–Kier alpha value is -2.38. The Morgan fingerprint density at radius 3 is 2.32 bits per heavy atom. The van der Waals surface area contributed by atoms with Gasteiger partial charge in [-0.3, -0.25) is 0 Å². The van der Waals surface area contributed by atoms with Crippen molar-refractivity contribution >= 4 is 18.0 Å². The van der Waals surface area contributed by atoms with E-state index in [1.54, 1.807) is 4.90 Å². The van der Waals surface area contributed by atoms with Crippen LogP contribution in [0.2, 0.25) is 0 Å². The Kier molecular flexibility index (Phi) is 5.81. The number of rotatable bonds is 4. The molecule has 0 radical (unpaired) electrons. The highest BCUT2D eigenvalue weighted by atomic mass is 16.6. The number of aromatic nitrogens is 2. The van der Waals surface area contributed by atoms with Crippen LogP contribution in [0.3, 0.4) is 0 Å². The molecule has 2 heterocycles. The van der Waals surface area contributed by atoms with Crippen molar-refractivity contribution in [3.8, 4) is 0 Å². The lowest BCUT2D eigenvalue weighted by Crippen LogP contribution is -2.43. The summed E-state index contributed by atoms with van der Waals surface area (Å²) in [6.07, 6.45) is 4.14. The summed E-state index contributed by atoms with van der Waals surface area (Å²) in [7, 11) is 1.88. The van der Waals surface area contributed by atoms with Crippen LogP contribution in [0.25, 0.3) is 0 Å². The van der Waals surface area contributed by atoms with Crippen LogP contribution in [-0.4, -0.2) is 64.3 Å². The molecule has 1 aromatic heterocycles. The van der Waals surface area contributed by atoms with Crippen molar-refractivity contribution in [2.75, 3.05) is 31.6 Å². The molecule has 0 atom stereocenters. The number of carbonyl (C=O) groups is 2. The second-order valence-corrected chi connectivity index (χ2v) is 7.37. The van der Waals surface area contributed by atoms with Crippen molar-refractivity contribution in [1.82, 2.24) is 14.9 Å². The Morgan fingerprint density at radius 1 is 1.28 bits per heavy atom. The van der Waals surface area contributed by atoms with E-state index in [4.69, 9.17) is 9.84 Å². The molecule has 1 N–H and O–H groups in total.